The fraction of sp³-hybridized carbons (Fsp3) is 0.280. The van der Waals surface area contributed by atoms with Gasteiger partial charge in [0.15, 0.2) is 5.69 Å². The zero-order valence-corrected chi connectivity index (χ0v) is 19.5. The molecule has 36 heavy (non-hydrogen) atoms. The quantitative estimate of drug-likeness (QED) is 0.450. The molecule has 2 aromatic carbocycles. The Labute approximate surface area is 206 Å². The Kier molecular flexibility index (Phi) is 5.73. The molecular formula is C25H25N5O6. The lowest BCUT2D eigenvalue weighted by atomic mass is 10.0. The smallest absolute Gasteiger partial charge is 0.286 e. The van der Waals surface area contributed by atoms with Crippen molar-refractivity contribution < 1.29 is 29.3 Å². The first-order valence-electron chi connectivity index (χ1n) is 11.5. The van der Waals surface area contributed by atoms with Gasteiger partial charge in [0.1, 0.15) is 11.4 Å². The van der Waals surface area contributed by atoms with E-state index in [0.717, 1.165) is 0 Å². The molecule has 4 N–H and O–H groups in total. The summed E-state index contributed by atoms with van der Waals surface area (Å²) in [6, 6.07) is 13.6. The number of primary amides is 1. The fourth-order valence-electron chi connectivity index (χ4n) is 4.68. The van der Waals surface area contributed by atoms with Gasteiger partial charge in [-0.15, -0.1) is 0 Å². The third-order valence-electron chi connectivity index (χ3n) is 6.53. The van der Waals surface area contributed by atoms with Gasteiger partial charge < -0.3 is 30.5 Å². The molecule has 1 fully saturated rings. The molecule has 5 rings (SSSR count). The number of anilines is 2. The van der Waals surface area contributed by atoms with Crippen molar-refractivity contribution in [3.8, 4) is 11.4 Å². The third-order valence-corrected chi connectivity index (χ3v) is 6.53. The molecule has 11 nitrogen and oxygen atoms in total. The summed E-state index contributed by atoms with van der Waals surface area (Å²) in [6.45, 7) is 0.669. The van der Waals surface area contributed by atoms with Crippen LogP contribution in [0.25, 0.3) is 5.69 Å². The van der Waals surface area contributed by atoms with Crippen molar-refractivity contribution in [1.82, 2.24) is 9.78 Å². The molecule has 0 spiro atoms. The summed E-state index contributed by atoms with van der Waals surface area (Å²) >= 11 is 0. The van der Waals surface area contributed by atoms with Crippen molar-refractivity contribution in [2.75, 3.05) is 30.0 Å². The summed E-state index contributed by atoms with van der Waals surface area (Å²) in [5, 5.41) is 24.2. The SMILES string of the molecule is COc1ccc(-n2nc(C(N)=O)c3c2C(=O)N(c2ccc(N4CCCC(O)(O)C4=O)cc2)CC3)cc1. The summed E-state index contributed by atoms with van der Waals surface area (Å²) in [6.07, 6.45) is 0.811. The van der Waals surface area contributed by atoms with E-state index in [1.165, 1.54) is 9.58 Å². The van der Waals surface area contributed by atoms with Crippen LogP contribution in [0.3, 0.4) is 0 Å². The average molecular weight is 492 g/mol. The average Bonchev–Trinajstić information content (AvgIpc) is 3.27. The highest BCUT2D eigenvalue weighted by molar-refractivity contribution is 6.09. The van der Waals surface area contributed by atoms with Gasteiger partial charge in [0.2, 0.25) is 5.79 Å². The zero-order chi connectivity index (χ0) is 25.6. The van der Waals surface area contributed by atoms with Crippen LogP contribution in [0.4, 0.5) is 11.4 Å². The Hall–Kier alpha value is -4.22. The molecule has 186 valence electrons. The number of hydrogen-bond donors (Lipinski definition) is 3. The van der Waals surface area contributed by atoms with Crippen LogP contribution < -0.4 is 20.3 Å². The largest absolute Gasteiger partial charge is 0.497 e. The highest BCUT2D eigenvalue weighted by Crippen LogP contribution is 2.32. The zero-order valence-electron chi connectivity index (χ0n) is 19.5. The van der Waals surface area contributed by atoms with Gasteiger partial charge in [0, 0.05) is 36.4 Å². The number of fused-ring (bicyclic) bond motifs is 1. The van der Waals surface area contributed by atoms with E-state index in [1.807, 2.05) is 0 Å². The predicted molar refractivity (Wildman–Crippen MR) is 129 cm³/mol. The minimum absolute atomic E-state index is 0.0137. The number of nitrogens with zero attached hydrogens (tertiary/aromatic N) is 4. The molecule has 1 aromatic heterocycles. The first kappa shape index (κ1) is 23.5. The van der Waals surface area contributed by atoms with Gasteiger partial charge in [-0.3, -0.25) is 14.4 Å². The molecule has 11 heteroatoms. The topological polar surface area (TPSA) is 151 Å². The van der Waals surface area contributed by atoms with Crippen LogP contribution in [0.15, 0.2) is 48.5 Å². The number of aliphatic hydroxyl groups is 2. The molecule has 3 amide bonds. The Bertz CT molecular complexity index is 1350. The summed E-state index contributed by atoms with van der Waals surface area (Å²) in [5.74, 6) is -3.58. The van der Waals surface area contributed by atoms with Crippen LogP contribution in [0.2, 0.25) is 0 Å². The van der Waals surface area contributed by atoms with Crippen molar-refractivity contribution in [2.24, 2.45) is 5.73 Å². The van der Waals surface area contributed by atoms with Crippen LogP contribution in [0.5, 0.6) is 5.75 Å². The third kappa shape index (κ3) is 3.88. The normalized spacial score (nSPS) is 17.2. The number of carbonyl (C=O) groups excluding carboxylic acids is 3. The second-order valence-electron chi connectivity index (χ2n) is 8.75. The van der Waals surface area contributed by atoms with Gasteiger partial charge in [0.25, 0.3) is 17.7 Å². The number of benzene rings is 2. The number of nitrogens with two attached hydrogens (primary N) is 1. The van der Waals surface area contributed by atoms with Crippen LogP contribution in [0.1, 0.15) is 39.4 Å². The molecule has 2 aliphatic heterocycles. The fourth-order valence-corrected chi connectivity index (χ4v) is 4.68. The van der Waals surface area contributed by atoms with Gasteiger partial charge in [-0.1, -0.05) is 0 Å². The Morgan fingerprint density at radius 2 is 1.58 bits per heavy atom. The van der Waals surface area contributed by atoms with Gasteiger partial charge >= 0.3 is 0 Å². The number of hydrogen-bond acceptors (Lipinski definition) is 7. The molecule has 3 heterocycles. The van der Waals surface area contributed by atoms with Crippen LogP contribution in [0, 0.1) is 0 Å². The molecule has 3 aromatic rings. The predicted octanol–water partition coefficient (Wildman–Crippen LogP) is 0.990. The Morgan fingerprint density at radius 1 is 0.972 bits per heavy atom. The van der Waals surface area contributed by atoms with Crippen molar-refractivity contribution in [1.29, 1.82) is 0 Å². The van der Waals surface area contributed by atoms with Crippen molar-refractivity contribution >= 4 is 29.1 Å². The molecule has 0 atom stereocenters. The highest BCUT2D eigenvalue weighted by Gasteiger charge is 2.41. The maximum Gasteiger partial charge on any atom is 0.286 e. The summed E-state index contributed by atoms with van der Waals surface area (Å²) in [7, 11) is 1.55. The second-order valence-corrected chi connectivity index (χ2v) is 8.75. The van der Waals surface area contributed by atoms with Crippen LogP contribution >= 0.6 is 0 Å². The van der Waals surface area contributed by atoms with Crippen molar-refractivity contribution in [3.05, 3.63) is 65.5 Å². The summed E-state index contributed by atoms with van der Waals surface area (Å²) < 4.78 is 6.62. The van der Waals surface area contributed by atoms with Crippen LogP contribution in [-0.2, 0) is 11.2 Å². The lowest BCUT2D eigenvalue weighted by Gasteiger charge is -2.35. The molecule has 0 unspecified atom stereocenters. The second kappa shape index (κ2) is 8.77. The number of carbonyl (C=O) groups is 3. The van der Waals surface area contributed by atoms with Crippen molar-refractivity contribution in [2.45, 2.75) is 25.0 Å². The molecular weight excluding hydrogens is 466 g/mol. The summed E-state index contributed by atoms with van der Waals surface area (Å²) in [4.78, 5) is 41.0. The molecule has 0 bridgehead atoms. The standard InChI is InChI=1S/C25H25N5O6/c1-36-18-9-7-17(8-10-18)30-21-19(20(27-30)22(26)31)11-14-28(23(21)32)15-3-5-16(6-4-15)29-13-2-12-25(34,35)24(29)33/h3-10,34-35H,2,11-14H2,1H3,(H2,26,31). The number of aromatic nitrogens is 2. The summed E-state index contributed by atoms with van der Waals surface area (Å²) in [5.41, 5.74) is 8.02. The van der Waals surface area contributed by atoms with E-state index in [1.54, 1.807) is 60.5 Å². The molecule has 0 aliphatic carbocycles. The maximum atomic E-state index is 13.7. The molecule has 1 saturated heterocycles. The monoisotopic (exact) mass is 491 g/mol. The van der Waals surface area contributed by atoms with E-state index in [0.29, 0.717) is 54.3 Å². The highest BCUT2D eigenvalue weighted by atomic mass is 16.5. The minimum atomic E-state index is -2.38. The van der Waals surface area contributed by atoms with Crippen LogP contribution in [-0.4, -0.2) is 63.7 Å². The van der Waals surface area contributed by atoms with Gasteiger partial charge in [-0.05, 0) is 61.4 Å². The van der Waals surface area contributed by atoms with Crippen molar-refractivity contribution in [3.63, 3.8) is 0 Å². The van der Waals surface area contributed by atoms with E-state index in [-0.39, 0.29) is 23.7 Å². The number of piperidine rings is 1. The first-order valence-corrected chi connectivity index (χ1v) is 11.5. The minimum Gasteiger partial charge on any atom is -0.497 e. The molecule has 0 saturated carbocycles. The van der Waals surface area contributed by atoms with E-state index < -0.39 is 17.6 Å². The number of amides is 3. The van der Waals surface area contributed by atoms with Gasteiger partial charge in [-0.25, -0.2) is 4.68 Å². The van der Waals surface area contributed by atoms with Gasteiger partial charge in [-0.2, -0.15) is 5.10 Å². The lowest BCUT2D eigenvalue weighted by molar-refractivity contribution is -0.188. The number of rotatable bonds is 5. The van der Waals surface area contributed by atoms with E-state index in [4.69, 9.17) is 10.5 Å². The first-order chi connectivity index (χ1) is 17.2. The molecule has 2 aliphatic rings. The maximum absolute atomic E-state index is 13.7. The van der Waals surface area contributed by atoms with Gasteiger partial charge in [0.05, 0.1) is 12.8 Å². The van der Waals surface area contributed by atoms with E-state index in [2.05, 4.69) is 5.10 Å². The molecule has 0 radical (unpaired) electrons. The Balaban J connectivity index is 1.48. The Morgan fingerprint density at radius 3 is 2.19 bits per heavy atom. The number of ether oxygens (including phenoxy) is 1. The lowest BCUT2D eigenvalue weighted by Crippen LogP contribution is -2.53. The van der Waals surface area contributed by atoms with E-state index >= 15 is 0 Å². The number of methoxy groups -OCH3 is 1. The van der Waals surface area contributed by atoms with E-state index in [9.17, 15) is 24.6 Å².